The summed E-state index contributed by atoms with van der Waals surface area (Å²) in [7, 11) is 0. The largest absolute Gasteiger partial charge is 0.462 e. The van der Waals surface area contributed by atoms with E-state index >= 15 is 0 Å². The monoisotopic (exact) mass is 402 g/mol. The summed E-state index contributed by atoms with van der Waals surface area (Å²) in [6.07, 6.45) is 4.00. The molecule has 1 aromatic rings. The van der Waals surface area contributed by atoms with Crippen molar-refractivity contribution >= 4 is 23.9 Å². The van der Waals surface area contributed by atoms with Crippen LogP contribution in [0.15, 0.2) is 50.1 Å². The first-order valence-electron chi connectivity index (χ1n) is 8.60. The Morgan fingerprint density at radius 2 is 0.931 bits per heavy atom. The average Bonchev–Trinajstić information content (AvgIpc) is 2.73. The van der Waals surface area contributed by atoms with Crippen LogP contribution in [0.5, 0.6) is 0 Å². The standard InChI is InChI=1S/C21H22O8/c1-5-9-27-19(23)15-13-17(21(25)29-11-7-3)16(20(24)28-10-6-2)12-14(15)18(22)26-8-4/h5-7,12-13H,1-3,8-11H2,4H3. The van der Waals surface area contributed by atoms with Crippen LogP contribution >= 0.6 is 0 Å². The molecule has 8 nitrogen and oxygen atoms in total. The number of hydrogen-bond acceptors (Lipinski definition) is 8. The third-order valence-corrected chi connectivity index (χ3v) is 3.31. The van der Waals surface area contributed by atoms with Gasteiger partial charge in [-0.25, -0.2) is 19.2 Å². The molecule has 0 radical (unpaired) electrons. The molecule has 0 heterocycles. The molecule has 8 heteroatoms. The van der Waals surface area contributed by atoms with Gasteiger partial charge in [-0.3, -0.25) is 0 Å². The van der Waals surface area contributed by atoms with E-state index in [0.717, 1.165) is 12.1 Å². The Balaban J connectivity index is 3.61. The maximum Gasteiger partial charge on any atom is 0.339 e. The van der Waals surface area contributed by atoms with Crippen LogP contribution in [0.2, 0.25) is 0 Å². The van der Waals surface area contributed by atoms with E-state index in [1.165, 1.54) is 18.2 Å². The van der Waals surface area contributed by atoms with Crippen LogP contribution in [0.1, 0.15) is 48.4 Å². The summed E-state index contributed by atoms with van der Waals surface area (Å²) in [5.74, 6) is -3.60. The van der Waals surface area contributed by atoms with Gasteiger partial charge in [0.05, 0.1) is 28.9 Å². The zero-order valence-corrected chi connectivity index (χ0v) is 16.1. The summed E-state index contributed by atoms with van der Waals surface area (Å²) in [5.41, 5.74) is -1.08. The summed E-state index contributed by atoms with van der Waals surface area (Å²) < 4.78 is 19.8. The molecule has 0 fully saturated rings. The number of hydrogen-bond donors (Lipinski definition) is 0. The molecule has 0 aromatic heterocycles. The Morgan fingerprint density at radius 1 is 0.655 bits per heavy atom. The molecule has 0 saturated heterocycles. The first-order valence-corrected chi connectivity index (χ1v) is 8.60. The van der Waals surface area contributed by atoms with Crippen LogP contribution in [0.4, 0.5) is 0 Å². The molecule has 1 rings (SSSR count). The van der Waals surface area contributed by atoms with Gasteiger partial charge in [-0.1, -0.05) is 38.0 Å². The van der Waals surface area contributed by atoms with Gasteiger partial charge in [0.2, 0.25) is 0 Å². The predicted octanol–water partition coefficient (Wildman–Crippen LogP) is 2.89. The van der Waals surface area contributed by atoms with E-state index in [1.54, 1.807) is 6.92 Å². The minimum atomic E-state index is -0.913. The van der Waals surface area contributed by atoms with Crippen LogP contribution in [0.25, 0.3) is 0 Å². The minimum Gasteiger partial charge on any atom is -0.462 e. The lowest BCUT2D eigenvalue weighted by molar-refractivity contribution is 0.0479. The lowest BCUT2D eigenvalue weighted by Crippen LogP contribution is -2.20. The SMILES string of the molecule is C=CCOC(=O)c1cc(C(=O)OCC=C)c(C(=O)OCC=C)cc1C(=O)OCC. The van der Waals surface area contributed by atoms with Crippen LogP contribution in [-0.4, -0.2) is 50.3 Å². The topological polar surface area (TPSA) is 105 Å². The molecule has 29 heavy (non-hydrogen) atoms. The quantitative estimate of drug-likeness (QED) is 0.316. The van der Waals surface area contributed by atoms with Crippen molar-refractivity contribution in [2.45, 2.75) is 6.92 Å². The van der Waals surface area contributed by atoms with Crippen LogP contribution in [0, 0.1) is 0 Å². The summed E-state index contributed by atoms with van der Waals surface area (Å²) in [4.78, 5) is 49.6. The van der Waals surface area contributed by atoms with E-state index in [4.69, 9.17) is 18.9 Å². The van der Waals surface area contributed by atoms with Gasteiger partial charge in [-0.05, 0) is 19.1 Å². The highest BCUT2D eigenvalue weighted by atomic mass is 16.5. The van der Waals surface area contributed by atoms with Crippen molar-refractivity contribution in [3.05, 3.63) is 72.4 Å². The molecule has 0 amide bonds. The second-order valence-corrected chi connectivity index (χ2v) is 5.33. The third kappa shape index (κ3) is 6.46. The molecule has 0 aliphatic carbocycles. The molecule has 0 aliphatic rings. The van der Waals surface area contributed by atoms with Crippen molar-refractivity contribution in [3.8, 4) is 0 Å². The maximum atomic E-state index is 12.4. The normalized spacial score (nSPS) is 9.69. The van der Waals surface area contributed by atoms with Crippen molar-refractivity contribution in [2.75, 3.05) is 26.4 Å². The fourth-order valence-corrected chi connectivity index (χ4v) is 2.12. The smallest absolute Gasteiger partial charge is 0.339 e. The first-order chi connectivity index (χ1) is 13.9. The Morgan fingerprint density at radius 3 is 1.17 bits per heavy atom. The van der Waals surface area contributed by atoms with Crippen molar-refractivity contribution in [1.29, 1.82) is 0 Å². The fourth-order valence-electron chi connectivity index (χ4n) is 2.12. The van der Waals surface area contributed by atoms with Crippen molar-refractivity contribution < 1.29 is 38.1 Å². The van der Waals surface area contributed by atoms with Gasteiger partial charge in [0.1, 0.15) is 19.8 Å². The van der Waals surface area contributed by atoms with Crippen LogP contribution < -0.4 is 0 Å². The van der Waals surface area contributed by atoms with Gasteiger partial charge in [0.15, 0.2) is 0 Å². The van der Waals surface area contributed by atoms with Gasteiger partial charge in [-0.2, -0.15) is 0 Å². The molecule has 0 spiro atoms. The Kier molecular flexibility index (Phi) is 9.60. The second kappa shape index (κ2) is 11.9. The van der Waals surface area contributed by atoms with Gasteiger partial charge in [0.25, 0.3) is 0 Å². The lowest BCUT2D eigenvalue weighted by Gasteiger charge is -2.14. The Bertz CT molecular complexity index is 822. The van der Waals surface area contributed by atoms with Gasteiger partial charge < -0.3 is 18.9 Å². The minimum absolute atomic E-state index is 0.0271. The molecule has 0 aliphatic heterocycles. The first kappa shape index (κ1) is 23.4. The van der Waals surface area contributed by atoms with E-state index in [-0.39, 0.29) is 48.7 Å². The highest BCUT2D eigenvalue weighted by Gasteiger charge is 2.28. The van der Waals surface area contributed by atoms with Gasteiger partial charge >= 0.3 is 23.9 Å². The number of benzene rings is 1. The molecule has 0 atom stereocenters. The number of rotatable bonds is 11. The third-order valence-electron chi connectivity index (χ3n) is 3.31. The second-order valence-electron chi connectivity index (χ2n) is 5.33. The molecular weight excluding hydrogens is 380 g/mol. The number of carbonyl (C=O) groups excluding carboxylic acids is 4. The van der Waals surface area contributed by atoms with E-state index in [0.29, 0.717) is 0 Å². The van der Waals surface area contributed by atoms with Crippen LogP contribution in [0.3, 0.4) is 0 Å². The zero-order chi connectivity index (χ0) is 21.8. The highest BCUT2D eigenvalue weighted by Crippen LogP contribution is 2.22. The highest BCUT2D eigenvalue weighted by molar-refractivity contribution is 6.10. The summed E-state index contributed by atoms with van der Waals surface area (Å²) in [5, 5.41) is 0. The number of esters is 4. The van der Waals surface area contributed by atoms with Crippen LogP contribution in [-0.2, 0) is 18.9 Å². The van der Waals surface area contributed by atoms with E-state index < -0.39 is 23.9 Å². The van der Waals surface area contributed by atoms with Crippen molar-refractivity contribution in [3.63, 3.8) is 0 Å². The van der Waals surface area contributed by atoms with E-state index in [1.807, 2.05) is 0 Å². The summed E-state index contributed by atoms with van der Waals surface area (Å²) >= 11 is 0. The van der Waals surface area contributed by atoms with Gasteiger partial charge in [0, 0.05) is 0 Å². The molecule has 0 bridgehead atoms. The van der Waals surface area contributed by atoms with Gasteiger partial charge in [-0.15, -0.1) is 0 Å². The van der Waals surface area contributed by atoms with Crippen molar-refractivity contribution in [2.24, 2.45) is 0 Å². The summed E-state index contributed by atoms with van der Waals surface area (Å²) in [6, 6.07) is 2.08. The lowest BCUT2D eigenvalue weighted by atomic mass is 9.98. The molecule has 154 valence electrons. The average molecular weight is 402 g/mol. The summed E-state index contributed by atoms with van der Waals surface area (Å²) in [6.45, 7) is 11.5. The number of carbonyl (C=O) groups is 4. The molecule has 1 aromatic carbocycles. The Hall–Kier alpha value is -3.68. The molecular formula is C21H22O8. The van der Waals surface area contributed by atoms with E-state index in [2.05, 4.69) is 19.7 Å². The molecule has 0 N–H and O–H groups in total. The number of ether oxygens (including phenoxy) is 4. The van der Waals surface area contributed by atoms with Crippen molar-refractivity contribution in [1.82, 2.24) is 0 Å². The Labute approximate surface area is 168 Å². The molecule has 0 unspecified atom stereocenters. The predicted molar refractivity (Wildman–Crippen MR) is 104 cm³/mol. The molecule has 0 saturated carbocycles. The maximum absolute atomic E-state index is 12.4. The zero-order valence-electron chi connectivity index (χ0n) is 16.1. The van der Waals surface area contributed by atoms with E-state index in [9.17, 15) is 19.2 Å². The fraction of sp³-hybridized carbons (Fsp3) is 0.238.